The van der Waals surface area contributed by atoms with E-state index in [2.05, 4.69) is 0 Å². The van der Waals surface area contributed by atoms with E-state index in [-0.39, 0.29) is 0 Å². The van der Waals surface area contributed by atoms with Gasteiger partial charge in [-0.05, 0) is 24.8 Å². The van der Waals surface area contributed by atoms with Crippen molar-refractivity contribution in [1.29, 1.82) is 0 Å². The molecule has 0 saturated carbocycles. The molecule has 1 aliphatic carbocycles. The molecule has 0 bridgehead atoms. The van der Waals surface area contributed by atoms with Crippen LogP contribution in [0.15, 0.2) is 9.59 Å². The third kappa shape index (κ3) is 2.13. The largest absolute Gasteiger partial charge is 0.548 e. The third-order valence-electron chi connectivity index (χ3n) is 3.67. The molecule has 2 N–H and O–H groups in total. The van der Waals surface area contributed by atoms with Crippen LogP contribution in [0, 0.1) is 0 Å². The number of rotatable bonds is 4. The SMILES string of the molecule is NC(=O)Cn1c(=O)n(CC(=O)[O-])c(=O)c2c3c(sc21)CCC3. The third-order valence-corrected chi connectivity index (χ3v) is 4.98. The minimum Gasteiger partial charge on any atom is -0.548 e. The molecule has 0 aliphatic heterocycles. The maximum Gasteiger partial charge on any atom is 0.332 e. The first kappa shape index (κ1) is 14.5. The Morgan fingerprint density at radius 2 is 1.91 bits per heavy atom. The average molecular weight is 322 g/mol. The van der Waals surface area contributed by atoms with E-state index in [1.165, 1.54) is 11.3 Å². The van der Waals surface area contributed by atoms with Crippen LogP contribution in [0.25, 0.3) is 10.2 Å². The van der Waals surface area contributed by atoms with Crippen LogP contribution in [0.2, 0.25) is 0 Å². The van der Waals surface area contributed by atoms with Crippen molar-refractivity contribution in [3.05, 3.63) is 31.3 Å². The number of aromatic nitrogens is 2. The number of aliphatic carboxylic acids is 1. The average Bonchev–Trinajstić information content (AvgIpc) is 2.99. The molecule has 0 radical (unpaired) electrons. The first-order valence-electron chi connectivity index (χ1n) is 6.66. The highest BCUT2D eigenvalue weighted by Crippen LogP contribution is 2.34. The van der Waals surface area contributed by atoms with Crippen molar-refractivity contribution in [3.8, 4) is 0 Å². The minimum atomic E-state index is -1.55. The van der Waals surface area contributed by atoms with Crippen LogP contribution in [0.3, 0.4) is 0 Å². The number of primary amides is 1. The summed E-state index contributed by atoms with van der Waals surface area (Å²) >= 11 is 1.29. The summed E-state index contributed by atoms with van der Waals surface area (Å²) in [4.78, 5) is 48.2. The number of carboxylic acid groups (broad SMARTS) is 1. The first-order chi connectivity index (χ1) is 10.4. The maximum absolute atomic E-state index is 12.5. The van der Waals surface area contributed by atoms with Crippen molar-refractivity contribution in [3.63, 3.8) is 0 Å². The van der Waals surface area contributed by atoms with Crippen LogP contribution in [-0.2, 0) is 35.5 Å². The van der Waals surface area contributed by atoms with Gasteiger partial charge in [-0.15, -0.1) is 11.3 Å². The highest BCUT2D eigenvalue weighted by molar-refractivity contribution is 7.19. The molecule has 22 heavy (non-hydrogen) atoms. The fourth-order valence-electron chi connectivity index (χ4n) is 2.82. The summed E-state index contributed by atoms with van der Waals surface area (Å²) in [7, 11) is 0. The number of hydrogen-bond acceptors (Lipinski definition) is 6. The van der Waals surface area contributed by atoms with Crippen molar-refractivity contribution < 1.29 is 14.7 Å². The number of aryl methyl sites for hydroxylation is 2. The Kier molecular flexibility index (Phi) is 3.36. The van der Waals surface area contributed by atoms with Gasteiger partial charge in [0.2, 0.25) is 5.91 Å². The van der Waals surface area contributed by atoms with E-state index in [1.807, 2.05) is 0 Å². The molecular weight excluding hydrogens is 310 g/mol. The van der Waals surface area contributed by atoms with Gasteiger partial charge in [0.1, 0.15) is 11.4 Å². The number of amides is 1. The van der Waals surface area contributed by atoms with E-state index in [9.17, 15) is 24.3 Å². The van der Waals surface area contributed by atoms with Gasteiger partial charge in [0.05, 0.1) is 17.9 Å². The maximum atomic E-state index is 12.5. The summed E-state index contributed by atoms with van der Waals surface area (Å²) in [5, 5.41) is 11.1. The van der Waals surface area contributed by atoms with E-state index in [1.54, 1.807) is 0 Å². The molecule has 116 valence electrons. The number of thiophene rings is 1. The van der Waals surface area contributed by atoms with Crippen LogP contribution in [0.4, 0.5) is 0 Å². The zero-order chi connectivity index (χ0) is 16.0. The summed E-state index contributed by atoms with van der Waals surface area (Å²) in [5.74, 6) is -2.29. The summed E-state index contributed by atoms with van der Waals surface area (Å²) < 4.78 is 1.66. The smallest absolute Gasteiger partial charge is 0.332 e. The van der Waals surface area contributed by atoms with Gasteiger partial charge < -0.3 is 15.6 Å². The zero-order valence-corrected chi connectivity index (χ0v) is 12.3. The van der Waals surface area contributed by atoms with Gasteiger partial charge in [0.15, 0.2) is 0 Å². The fraction of sp³-hybridized carbons (Fsp3) is 0.385. The minimum absolute atomic E-state index is 0.319. The molecule has 0 saturated heterocycles. The summed E-state index contributed by atoms with van der Waals surface area (Å²) in [5.41, 5.74) is 4.49. The van der Waals surface area contributed by atoms with Gasteiger partial charge in [-0.25, -0.2) is 4.79 Å². The van der Waals surface area contributed by atoms with Crippen molar-refractivity contribution in [1.82, 2.24) is 9.13 Å². The number of fused-ring (bicyclic) bond motifs is 3. The van der Waals surface area contributed by atoms with E-state index in [4.69, 9.17) is 5.73 Å². The molecule has 0 spiro atoms. The molecule has 1 amide bonds. The second-order valence-electron chi connectivity index (χ2n) is 5.14. The van der Waals surface area contributed by atoms with Gasteiger partial charge in [-0.3, -0.25) is 18.7 Å². The number of nitrogens with two attached hydrogens (primary N) is 1. The fourth-order valence-corrected chi connectivity index (χ4v) is 4.19. The number of carbonyl (C=O) groups is 2. The van der Waals surface area contributed by atoms with Gasteiger partial charge >= 0.3 is 5.69 Å². The van der Waals surface area contributed by atoms with Crippen LogP contribution in [0.1, 0.15) is 16.9 Å². The van der Waals surface area contributed by atoms with Crippen LogP contribution in [-0.4, -0.2) is 21.0 Å². The molecule has 0 atom stereocenters. The van der Waals surface area contributed by atoms with Gasteiger partial charge in [-0.2, -0.15) is 0 Å². The highest BCUT2D eigenvalue weighted by atomic mass is 32.1. The Labute approximate surface area is 127 Å². The standard InChI is InChI=1S/C13H13N3O5S/c14-8(17)4-16-12-10(6-2-1-3-7(6)22-12)11(20)15(13(16)21)5-9(18)19/h1-5H2,(H2,14,17)(H,18,19)/p-1. The lowest BCUT2D eigenvalue weighted by Crippen LogP contribution is -2.45. The van der Waals surface area contributed by atoms with Crippen molar-refractivity contribution in [2.24, 2.45) is 5.73 Å². The molecule has 3 rings (SSSR count). The van der Waals surface area contributed by atoms with Gasteiger partial charge in [0.25, 0.3) is 5.56 Å². The molecule has 2 aromatic rings. The number of carbonyl (C=O) groups excluding carboxylic acids is 2. The number of carboxylic acids is 1. The predicted octanol–water partition coefficient (Wildman–Crippen LogP) is -2.05. The zero-order valence-electron chi connectivity index (χ0n) is 11.5. The Morgan fingerprint density at radius 3 is 2.55 bits per heavy atom. The molecule has 9 heteroatoms. The summed E-state index contributed by atoms with van der Waals surface area (Å²) in [6.45, 7) is -1.25. The lowest BCUT2D eigenvalue weighted by Gasteiger charge is -2.11. The topological polar surface area (TPSA) is 127 Å². The van der Waals surface area contributed by atoms with Crippen LogP contribution in [0.5, 0.6) is 0 Å². The van der Waals surface area contributed by atoms with E-state index < -0.39 is 36.2 Å². The molecule has 2 aromatic heterocycles. The molecule has 0 fully saturated rings. The highest BCUT2D eigenvalue weighted by Gasteiger charge is 2.24. The van der Waals surface area contributed by atoms with Crippen molar-refractivity contribution >= 4 is 33.4 Å². The first-order valence-corrected chi connectivity index (χ1v) is 7.48. The Balaban J connectivity index is 2.41. The molecule has 2 heterocycles. The lowest BCUT2D eigenvalue weighted by molar-refractivity contribution is -0.306. The van der Waals surface area contributed by atoms with Crippen LogP contribution < -0.4 is 22.1 Å². The second kappa shape index (κ2) is 5.09. The van der Waals surface area contributed by atoms with Crippen LogP contribution >= 0.6 is 11.3 Å². The van der Waals surface area contributed by atoms with Gasteiger partial charge in [-0.1, -0.05) is 0 Å². The van der Waals surface area contributed by atoms with Crippen molar-refractivity contribution in [2.45, 2.75) is 32.4 Å². The lowest BCUT2D eigenvalue weighted by atomic mass is 10.2. The predicted molar refractivity (Wildman–Crippen MR) is 76.6 cm³/mol. The van der Waals surface area contributed by atoms with Crippen molar-refractivity contribution in [2.75, 3.05) is 0 Å². The number of hydrogen-bond donors (Lipinski definition) is 1. The molecule has 0 unspecified atom stereocenters. The normalized spacial score (nSPS) is 13.5. The molecule has 0 aromatic carbocycles. The summed E-state index contributed by atoms with van der Waals surface area (Å²) in [6, 6.07) is 0. The molecular formula is C13H12N3O5S-. The quantitative estimate of drug-likeness (QED) is 0.693. The summed E-state index contributed by atoms with van der Waals surface area (Å²) in [6.07, 6.45) is 2.41. The van der Waals surface area contributed by atoms with E-state index in [0.717, 1.165) is 27.8 Å². The Bertz CT molecular complexity index is 920. The van der Waals surface area contributed by atoms with Gasteiger partial charge in [0, 0.05) is 4.88 Å². The molecule has 1 aliphatic rings. The molecule has 8 nitrogen and oxygen atoms in total. The Hall–Kier alpha value is -2.42. The Morgan fingerprint density at radius 1 is 1.18 bits per heavy atom. The van der Waals surface area contributed by atoms with E-state index in [0.29, 0.717) is 21.2 Å². The monoisotopic (exact) mass is 322 g/mol. The second-order valence-corrected chi connectivity index (χ2v) is 6.22. The van der Waals surface area contributed by atoms with E-state index >= 15 is 0 Å². The number of nitrogens with zero attached hydrogens (tertiary/aromatic N) is 2.